The molecule has 2 N–H and O–H groups in total. The lowest BCUT2D eigenvalue weighted by Gasteiger charge is -2.30. The third-order valence-electron chi connectivity index (χ3n) is 3.38. The first-order valence-electron chi connectivity index (χ1n) is 6.35. The molecule has 4 heteroatoms. The molecular weight excluding hydrogens is 218 g/mol. The number of amides is 1. The molecule has 0 aromatic heterocycles. The number of carboxylic acids is 1. The molecule has 1 amide bonds. The Labute approximate surface area is 103 Å². The number of nitrogens with one attached hydrogen (secondary N) is 1. The lowest BCUT2D eigenvalue weighted by Crippen LogP contribution is -2.51. The fourth-order valence-electron chi connectivity index (χ4n) is 2.27. The molecule has 0 aromatic carbocycles. The lowest BCUT2D eigenvalue weighted by molar-refractivity contribution is -0.145. The van der Waals surface area contributed by atoms with E-state index < -0.39 is 17.4 Å². The topological polar surface area (TPSA) is 66.4 Å². The molecule has 1 aliphatic carbocycles. The van der Waals surface area contributed by atoms with Crippen molar-refractivity contribution >= 4 is 11.9 Å². The quantitative estimate of drug-likeness (QED) is 0.796. The zero-order chi connectivity index (χ0) is 13.1. The fourth-order valence-corrected chi connectivity index (χ4v) is 2.27. The van der Waals surface area contributed by atoms with Crippen molar-refractivity contribution in [1.82, 2.24) is 5.32 Å². The van der Waals surface area contributed by atoms with Crippen LogP contribution in [-0.4, -0.2) is 23.0 Å². The first kappa shape index (κ1) is 14.0. The molecule has 1 atom stereocenters. The summed E-state index contributed by atoms with van der Waals surface area (Å²) in [7, 11) is 0. The Hall–Kier alpha value is -1.06. The molecule has 0 radical (unpaired) electrons. The second-order valence-electron chi connectivity index (χ2n) is 5.98. The zero-order valence-electron chi connectivity index (χ0n) is 11.0. The molecule has 0 aromatic rings. The molecule has 17 heavy (non-hydrogen) atoms. The van der Waals surface area contributed by atoms with Crippen LogP contribution in [0.3, 0.4) is 0 Å². The summed E-state index contributed by atoms with van der Waals surface area (Å²) in [4.78, 5) is 23.1. The molecule has 1 rings (SSSR count). The van der Waals surface area contributed by atoms with E-state index in [1.54, 1.807) is 0 Å². The standard InChI is InChI=1S/C13H23NO3/c1-13(2,3)10(12(16)17)14-11(15)9-7-5-4-6-8-9/h9-10H,4-8H2,1-3H3,(H,14,15)(H,16,17)/t10-/m0/s1. The molecular formula is C13H23NO3. The van der Waals surface area contributed by atoms with E-state index in [-0.39, 0.29) is 11.8 Å². The Kier molecular flexibility index (Phi) is 4.54. The Morgan fingerprint density at radius 3 is 2.12 bits per heavy atom. The van der Waals surface area contributed by atoms with Gasteiger partial charge in [0.2, 0.25) is 5.91 Å². The molecule has 0 bridgehead atoms. The molecule has 0 aliphatic heterocycles. The van der Waals surface area contributed by atoms with Crippen molar-refractivity contribution in [3.63, 3.8) is 0 Å². The summed E-state index contributed by atoms with van der Waals surface area (Å²) in [5, 5.41) is 11.8. The van der Waals surface area contributed by atoms with Crippen LogP contribution in [-0.2, 0) is 9.59 Å². The minimum atomic E-state index is -0.957. The number of aliphatic carboxylic acids is 1. The van der Waals surface area contributed by atoms with Gasteiger partial charge in [0.25, 0.3) is 0 Å². The van der Waals surface area contributed by atoms with Gasteiger partial charge in [-0.3, -0.25) is 4.79 Å². The van der Waals surface area contributed by atoms with E-state index in [1.165, 1.54) is 6.42 Å². The van der Waals surface area contributed by atoms with Crippen molar-refractivity contribution in [2.45, 2.75) is 58.9 Å². The van der Waals surface area contributed by atoms with E-state index in [0.717, 1.165) is 25.7 Å². The van der Waals surface area contributed by atoms with Crippen molar-refractivity contribution in [2.75, 3.05) is 0 Å². The van der Waals surface area contributed by atoms with Crippen LogP contribution in [0.2, 0.25) is 0 Å². The van der Waals surface area contributed by atoms with Gasteiger partial charge >= 0.3 is 5.97 Å². The van der Waals surface area contributed by atoms with Gasteiger partial charge in [-0.15, -0.1) is 0 Å². The Bertz CT molecular complexity index is 288. The SMILES string of the molecule is CC(C)(C)[C@@H](NC(=O)C1CCCCC1)C(=O)O. The summed E-state index contributed by atoms with van der Waals surface area (Å²) < 4.78 is 0. The van der Waals surface area contributed by atoms with E-state index in [4.69, 9.17) is 5.11 Å². The van der Waals surface area contributed by atoms with Gasteiger partial charge in [0.05, 0.1) is 0 Å². The number of hydrogen-bond acceptors (Lipinski definition) is 2. The highest BCUT2D eigenvalue weighted by Crippen LogP contribution is 2.25. The van der Waals surface area contributed by atoms with E-state index >= 15 is 0 Å². The summed E-state index contributed by atoms with van der Waals surface area (Å²) in [6.07, 6.45) is 5.12. The third kappa shape index (κ3) is 4.02. The van der Waals surface area contributed by atoms with Crippen LogP contribution in [0, 0.1) is 11.3 Å². The van der Waals surface area contributed by atoms with E-state index in [2.05, 4.69) is 5.32 Å². The van der Waals surface area contributed by atoms with Gasteiger partial charge in [-0.2, -0.15) is 0 Å². The van der Waals surface area contributed by atoms with Crippen molar-refractivity contribution in [3.05, 3.63) is 0 Å². The maximum absolute atomic E-state index is 12.0. The predicted octanol–water partition coefficient (Wildman–Crippen LogP) is 2.18. The second kappa shape index (κ2) is 5.52. The van der Waals surface area contributed by atoms with Crippen LogP contribution in [0.4, 0.5) is 0 Å². The van der Waals surface area contributed by atoms with Crippen LogP contribution < -0.4 is 5.32 Å². The number of rotatable bonds is 3. The lowest BCUT2D eigenvalue weighted by atomic mass is 9.84. The first-order chi connectivity index (χ1) is 7.82. The number of carbonyl (C=O) groups excluding carboxylic acids is 1. The molecule has 98 valence electrons. The summed E-state index contributed by atoms with van der Waals surface area (Å²) in [5.41, 5.74) is -0.462. The average Bonchev–Trinajstić information content (AvgIpc) is 2.24. The third-order valence-corrected chi connectivity index (χ3v) is 3.38. The van der Waals surface area contributed by atoms with Gasteiger partial charge < -0.3 is 10.4 Å². The monoisotopic (exact) mass is 241 g/mol. The van der Waals surface area contributed by atoms with E-state index in [0.29, 0.717) is 0 Å². The highest BCUT2D eigenvalue weighted by atomic mass is 16.4. The molecule has 0 saturated heterocycles. The van der Waals surface area contributed by atoms with Crippen molar-refractivity contribution < 1.29 is 14.7 Å². The Morgan fingerprint density at radius 2 is 1.71 bits per heavy atom. The number of carboxylic acid groups (broad SMARTS) is 1. The van der Waals surface area contributed by atoms with E-state index in [9.17, 15) is 9.59 Å². The molecule has 4 nitrogen and oxygen atoms in total. The normalized spacial score (nSPS) is 19.7. The van der Waals surface area contributed by atoms with Crippen molar-refractivity contribution in [2.24, 2.45) is 11.3 Å². The van der Waals surface area contributed by atoms with Gasteiger partial charge in [-0.05, 0) is 18.3 Å². The van der Waals surface area contributed by atoms with Crippen LogP contribution in [0.15, 0.2) is 0 Å². The predicted molar refractivity (Wildman–Crippen MR) is 65.6 cm³/mol. The average molecular weight is 241 g/mol. The van der Waals surface area contributed by atoms with Crippen molar-refractivity contribution in [1.29, 1.82) is 0 Å². The van der Waals surface area contributed by atoms with Crippen LogP contribution in [0.1, 0.15) is 52.9 Å². The smallest absolute Gasteiger partial charge is 0.326 e. The maximum Gasteiger partial charge on any atom is 0.326 e. The highest BCUT2D eigenvalue weighted by molar-refractivity contribution is 5.85. The van der Waals surface area contributed by atoms with Gasteiger partial charge in [0.15, 0.2) is 0 Å². The molecule has 0 unspecified atom stereocenters. The summed E-state index contributed by atoms with van der Waals surface area (Å²) >= 11 is 0. The first-order valence-corrected chi connectivity index (χ1v) is 6.35. The summed E-state index contributed by atoms with van der Waals surface area (Å²) in [6, 6.07) is -0.808. The highest BCUT2D eigenvalue weighted by Gasteiger charge is 2.34. The van der Waals surface area contributed by atoms with Gasteiger partial charge in [-0.25, -0.2) is 4.79 Å². The summed E-state index contributed by atoms with van der Waals surface area (Å²) in [6.45, 7) is 5.48. The molecule has 1 aliphatic rings. The maximum atomic E-state index is 12.0. The molecule has 1 fully saturated rings. The molecule has 1 saturated carbocycles. The number of hydrogen-bond donors (Lipinski definition) is 2. The number of carbonyl (C=O) groups is 2. The van der Waals surface area contributed by atoms with Crippen LogP contribution in [0.25, 0.3) is 0 Å². The molecule has 0 spiro atoms. The van der Waals surface area contributed by atoms with Gasteiger partial charge in [0, 0.05) is 5.92 Å². The Morgan fingerprint density at radius 1 is 1.18 bits per heavy atom. The van der Waals surface area contributed by atoms with Crippen LogP contribution in [0.5, 0.6) is 0 Å². The Balaban J connectivity index is 2.60. The zero-order valence-corrected chi connectivity index (χ0v) is 11.0. The molecule has 0 heterocycles. The summed E-state index contributed by atoms with van der Waals surface area (Å²) in [5.74, 6) is -1.04. The van der Waals surface area contributed by atoms with E-state index in [1.807, 2.05) is 20.8 Å². The van der Waals surface area contributed by atoms with Gasteiger partial charge in [-0.1, -0.05) is 40.0 Å². The van der Waals surface area contributed by atoms with Crippen LogP contribution >= 0.6 is 0 Å². The van der Waals surface area contributed by atoms with Crippen molar-refractivity contribution in [3.8, 4) is 0 Å². The minimum absolute atomic E-state index is 0.00736. The fraction of sp³-hybridized carbons (Fsp3) is 0.846. The largest absolute Gasteiger partial charge is 0.480 e. The minimum Gasteiger partial charge on any atom is -0.480 e. The second-order valence-corrected chi connectivity index (χ2v) is 5.98. The van der Waals surface area contributed by atoms with Gasteiger partial charge in [0.1, 0.15) is 6.04 Å².